The summed E-state index contributed by atoms with van der Waals surface area (Å²) in [4.78, 5) is 20.1. The van der Waals surface area contributed by atoms with Crippen LogP contribution in [-0.2, 0) is 6.42 Å². The van der Waals surface area contributed by atoms with Crippen molar-refractivity contribution in [2.75, 3.05) is 14.2 Å². The molecule has 6 nitrogen and oxygen atoms in total. The average molecular weight is 608 g/mol. The van der Waals surface area contributed by atoms with Gasteiger partial charge in [0, 0.05) is 27.7 Å². The van der Waals surface area contributed by atoms with Crippen LogP contribution in [0, 0.1) is 13.8 Å². The molecule has 3 heterocycles. The Balaban J connectivity index is 1.44. The van der Waals surface area contributed by atoms with Crippen LogP contribution in [0.4, 0.5) is 0 Å². The van der Waals surface area contributed by atoms with E-state index in [0.29, 0.717) is 25.9 Å². The highest BCUT2D eigenvalue weighted by Crippen LogP contribution is 2.42. The Morgan fingerprint density at radius 2 is 1.72 bits per heavy atom. The van der Waals surface area contributed by atoms with Gasteiger partial charge in [-0.25, -0.2) is 4.99 Å². The lowest BCUT2D eigenvalue weighted by molar-refractivity contribution is 0.354. The first kappa shape index (κ1) is 27.5. The topological polar surface area (TPSA) is 57.8 Å². The molecular formula is C35H30ClN3O3S. The molecule has 8 heteroatoms. The zero-order valence-corrected chi connectivity index (χ0v) is 25.9. The fourth-order valence-electron chi connectivity index (χ4n) is 6.41. The molecule has 0 radical (unpaired) electrons. The van der Waals surface area contributed by atoms with Crippen LogP contribution in [0.3, 0.4) is 0 Å². The highest BCUT2D eigenvalue weighted by Gasteiger charge is 2.33. The summed E-state index contributed by atoms with van der Waals surface area (Å²) in [5, 5.41) is 0.696. The van der Waals surface area contributed by atoms with E-state index in [0.717, 1.165) is 57.9 Å². The molecule has 216 valence electrons. The number of ether oxygens (including phenoxy) is 2. The maximum absolute atomic E-state index is 14.3. The number of allylic oxidation sites excluding steroid dienone is 1. The molecule has 1 atom stereocenters. The van der Waals surface area contributed by atoms with Crippen LogP contribution in [0.2, 0.25) is 5.02 Å². The minimum absolute atomic E-state index is 0.0507. The number of thiazole rings is 1. The number of aryl methyl sites for hydroxylation is 2. The van der Waals surface area contributed by atoms with Gasteiger partial charge in [-0.3, -0.25) is 9.36 Å². The van der Waals surface area contributed by atoms with Crippen molar-refractivity contribution in [3.05, 3.63) is 137 Å². The normalized spacial score (nSPS) is 15.9. The number of nitrogens with zero attached hydrogens (tertiary/aromatic N) is 3. The van der Waals surface area contributed by atoms with Crippen molar-refractivity contribution in [1.29, 1.82) is 0 Å². The number of rotatable bonds is 5. The monoisotopic (exact) mass is 607 g/mol. The van der Waals surface area contributed by atoms with E-state index in [-0.39, 0.29) is 11.6 Å². The van der Waals surface area contributed by atoms with Gasteiger partial charge in [-0.1, -0.05) is 53.3 Å². The van der Waals surface area contributed by atoms with Gasteiger partial charge in [0.15, 0.2) is 16.3 Å². The molecule has 7 rings (SSSR count). The molecule has 0 amide bonds. The lowest BCUT2D eigenvalue weighted by Gasteiger charge is -2.31. The third-order valence-corrected chi connectivity index (χ3v) is 9.67. The predicted molar refractivity (Wildman–Crippen MR) is 173 cm³/mol. The number of hydrogen-bond donors (Lipinski definition) is 0. The SMILES string of the molecule is COc1ccc([C@@H]2C3=C(N=c4s/c(=C/c5cc(C)n(-c6ccc(Cl)cc6)c5C)c(=O)n42)c2ccccc2CC3)cc1OC. The van der Waals surface area contributed by atoms with E-state index in [1.165, 1.54) is 16.9 Å². The Bertz CT molecular complexity index is 2120. The van der Waals surface area contributed by atoms with Crippen molar-refractivity contribution in [3.8, 4) is 17.2 Å². The lowest BCUT2D eigenvalue weighted by Crippen LogP contribution is -2.38. The Hall–Kier alpha value is -4.33. The van der Waals surface area contributed by atoms with Crippen molar-refractivity contribution in [2.45, 2.75) is 32.7 Å². The molecule has 43 heavy (non-hydrogen) atoms. The zero-order valence-electron chi connectivity index (χ0n) is 24.3. The second kappa shape index (κ2) is 10.7. The van der Waals surface area contributed by atoms with Gasteiger partial charge in [0.1, 0.15) is 0 Å². The number of methoxy groups -OCH3 is 2. The quantitative estimate of drug-likeness (QED) is 0.232. The minimum Gasteiger partial charge on any atom is -0.493 e. The van der Waals surface area contributed by atoms with Crippen LogP contribution in [0.5, 0.6) is 11.5 Å². The average Bonchev–Trinajstić information content (AvgIpc) is 3.49. The van der Waals surface area contributed by atoms with Gasteiger partial charge >= 0.3 is 0 Å². The van der Waals surface area contributed by atoms with E-state index in [2.05, 4.69) is 48.7 Å². The van der Waals surface area contributed by atoms with E-state index in [1.807, 2.05) is 53.1 Å². The molecule has 5 aromatic rings. The molecule has 2 aliphatic rings. The molecule has 0 bridgehead atoms. The van der Waals surface area contributed by atoms with Gasteiger partial charge in [0.25, 0.3) is 5.56 Å². The van der Waals surface area contributed by atoms with Crippen LogP contribution >= 0.6 is 22.9 Å². The smallest absolute Gasteiger partial charge is 0.271 e. The van der Waals surface area contributed by atoms with Crippen molar-refractivity contribution in [2.24, 2.45) is 4.99 Å². The van der Waals surface area contributed by atoms with Crippen LogP contribution in [0.1, 0.15) is 46.1 Å². The van der Waals surface area contributed by atoms with Crippen molar-refractivity contribution in [3.63, 3.8) is 0 Å². The number of aromatic nitrogens is 2. The van der Waals surface area contributed by atoms with Crippen LogP contribution in [0.25, 0.3) is 17.5 Å². The lowest BCUT2D eigenvalue weighted by atomic mass is 9.83. The Morgan fingerprint density at radius 1 is 0.953 bits per heavy atom. The predicted octanol–water partition coefficient (Wildman–Crippen LogP) is 6.40. The van der Waals surface area contributed by atoms with Crippen LogP contribution < -0.4 is 24.4 Å². The van der Waals surface area contributed by atoms with Crippen molar-refractivity contribution >= 4 is 34.7 Å². The fraction of sp³-hybridized carbons (Fsp3) is 0.200. The summed E-state index contributed by atoms with van der Waals surface area (Å²) < 4.78 is 15.9. The van der Waals surface area contributed by atoms with Crippen LogP contribution in [0.15, 0.2) is 88.2 Å². The molecule has 0 saturated heterocycles. The first-order chi connectivity index (χ1) is 20.9. The second-order valence-electron chi connectivity index (χ2n) is 10.9. The molecule has 0 spiro atoms. The molecule has 0 N–H and O–H groups in total. The van der Waals surface area contributed by atoms with Gasteiger partial charge < -0.3 is 14.0 Å². The number of fused-ring (bicyclic) bond motifs is 3. The van der Waals surface area contributed by atoms with Crippen LogP contribution in [-0.4, -0.2) is 23.4 Å². The summed E-state index contributed by atoms with van der Waals surface area (Å²) in [6.45, 7) is 4.15. The molecule has 2 aromatic heterocycles. The molecule has 0 saturated carbocycles. The summed E-state index contributed by atoms with van der Waals surface area (Å²) in [7, 11) is 3.26. The molecule has 0 fully saturated rings. The summed E-state index contributed by atoms with van der Waals surface area (Å²) in [6.07, 6.45) is 3.72. The fourth-order valence-corrected chi connectivity index (χ4v) is 7.53. The Morgan fingerprint density at radius 3 is 2.49 bits per heavy atom. The minimum atomic E-state index is -0.303. The van der Waals surface area contributed by atoms with Gasteiger partial charge in [-0.15, -0.1) is 0 Å². The maximum Gasteiger partial charge on any atom is 0.271 e. The van der Waals surface area contributed by atoms with Gasteiger partial charge in [-0.2, -0.15) is 0 Å². The van der Waals surface area contributed by atoms with Gasteiger partial charge in [-0.05, 0) is 97.5 Å². The van der Waals surface area contributed by atoms with E-state index >= 15 is 0 Å². The number of halogens is 1. The summed E-state index contributed by atoms with van der Waals surface area (Å²) in [5.41, 5.74) is 9.60. The van der Waals surface area contributed by atoms with Gasteiger partial charge in [0.2, 0.25) is 0 Å². The molecule has 1 aliphatic heterocycles. The second-order valence-corrected chi connectivity index (χ2v) is 12.3. The Labute approximate surface area is 258 Å². The highest BCUT2D eigenvalue weighted by molar-refractivity contribution is 7.07. The van der Waals surface area contributed by atoms with Crippen molar-refractivity contribution in [1.82, 2.24) is 9.13 Å². The summed E-state index contributed by atoms with van der Waals surface area (Å²) in [6, 6.07) is 24.0. The maximum atomic E-state index is 14.3. The van der Waals surface area contributed by atoms with E-state index in [9.17, 15) is 4.79 Å². The van der Waals surface area contributed by atoms with E-state index in [4.69, 9.17) is 26.1 Å². The summed E-state index contributed by atoms with van der Waals surface area (Å²) >= 11 is 7.58. The molecule has 0 unspecified atom stereocenters. The molecule has 1 aliphatic carbocycles. The first-order valence-electron chi connectivity index (χ1n) is 14.2. The number of benzene rings is 3. The molecular weight excluding hydrogens is 578 g/mol. The van der Waals surface area contributed by atoms with E-state index in [1.54, 1.807) is 14.2 Å². The number of hydrogen-bond acceptors (Lipinski definition) is 5. The standard InChI is InChI=1S/C35H30ClN3O3S/c1-20-17-24(21(2)38(20)26-13-11-25(36)12-14-26)19-31-34(40)39-33(23-10-16-29(41-3)30(18-23)42-4)28-15-9-22-7-5-6-8-27(22)32(28)37-35(39)43-31/h5-8,10-14,16-19,33H,9,15H2,1-4H3/b31-19+/t33-/m1/s1. The largest absolute Gasteiger partial charge is 0.493 e. The van der Waals surface area contributed by atoms with Crippen molar-refractivity contribution < 1.29 is 9.47 Å². The highest BCUT2D eigenvalue weighted by atomic mass is 35.5. The third kappa shape index (κ3) is 4.55. The summed E-state index contributed by atoms with van der Waals surface area (Å²) in [5.74, 6) is 1.28. The van der Waals surface area contributed by atoms with E-state index < -0.39 is 0 Å². The molecule has 3 aromatic carbocycles. The van der Waals surface area contributed by atoms with Gasteiger partial charge in [0.05, 0.1) is 30.5 Å². The zero-order chi connectivity index (χ0) is 29.8. The third-order valence-electron chi connectivity index (χ3n) is 8.44. The Kier molecular flexibility index (Phi) is 6.87. The first-order valence-corrected chi connectivity index (χ1v) is 15.4.